The zero-order valence-electron chi connectivity index (χ0n) is 13.3. The highest BCUT2D eigenvalue weighted by Crippen LogP contribution is 2.25. The van der Waals surface area contributed by atoms with Crippen LogP contribution in [0, 0.1) is 6.92 Å². The average Bonchev–Trinajstić information content (AvgIpc) is 3.14. The molecule has 0 radical (unpaired) electrons. The average molecular weight is 314 g/mol. The molecule has 0 aliphatic carbocycles. The third kappa shape index (κ3) is 2.48. The molecule has 2 aromatic heterocycles. The number of nitrogens with zero attached hydrogens (tertiary/aromatic N) is 3. The standard InChI is InChI=1S/C16H18N4O3/c1-4-11-13(16(22)23-3)9(2)14(19-11)15(21)20-6-10-5-17-8-18-12(10)7-20/h5,8,19H,4,6-7H2,1-3H3. The lowest BCUT2D eigenvalue weighted by Crippen LogP contribution is -2.26. The molecule has 0 saturated carbocycles. The topological polar surface area (TPSA) is 88.2 Å². The molecule has 1 amide bonds. The second kappa shape index (κ2) is 5.83. The number of hydrogen-bond acceptors (Lipinski definition) is 5. The monoisotopic (exact) mass is 314 g/mol. The summed E-state index contributed by atoms with van der Waals surface area (Å²) in [6, 6.07) is 0. The Hall–Kier alpha value is -2.70. The summed E-state index contributed by atoms with van der Waals surface area (Å²) in [5.74, 6) is -0.574. The Labute approximate surface area is 133 Å². The van der Waals surface area contributed by atoms with Crippen LogP contribution in [-0.4, -0.2) is 38.8 Å². The molecular weight excluding hydrogens is 296 g/mol. The van der Waals surface area contributed by atoms with Crippen LogP contribution >= 0.6 is 0 Å². The van der Waals surface area contributed by atoms with Gasteiger partial charge in [0.2, 0.25) is 0 Å². The molecule has 0 bridgehead atoms. The minimum Gasteiger partial charge on any atom is -0.465 e. The fourth-order valence-corrected chi connectivity index (χ4v) is 2.92. The molecule has 7 heteroatoms. The number of methoxy groups -OCH3 is 1. The molecule has 0 aromatic carbocycles. The van der Waals surface area contributed by atoms with Gasteiger partial charge < -0.3 is 14.6 Å². The number of aromatic amines is 1. The Morgan fingerprint density at radius 3 is 2.83 bits per heavy atom. The number of aromatic nitrogens is 3. The summed E-state index contributed by atoms with van der Waals surface area (Å²) in [7, 11) is 1.34. The van der Waals surface area contributed by atoms with Gasteiger partial charge in [0.15, 0.2) is 0 Å². The number of amides is 1. The molecule has 7 nitrogen and oxygen atoms in total. The fraction of sp³-hybridized carbons (Fsp3) is 0.375. The summed E-state index contributed by atoms with van der Waals surface area (Å²) in [6.07, 6.45) is 3.83. The lowest BCUT2D eigenvalue weighted by atomic mass is 10.1. The Kier molecular flexibility index (Phi) is 3.85. The van der Waals surface area contributed by atoms with Crippen molar-refractivity contribution >= 4 is 11.9 Å². The van der Waals surface area contributed by atoms with Crippen LogP contribution in [0.2, 0.25) is 0 Å². The van der Waals surface area contributed by atoms with Gasteiger partial charge in [0.05, 0.1) is 24.9 Å². The fourth-order valence-electron chi connectivity index (χ4n) is 2.92. The molecule has 3 rings (SSSR count). The molecule has 1 aliphatic heterocycles. The Bertz CT molecular complexity index is 757. The van der Waals surface area contributed by atoms with Gasteiger partial charge in [0, 0.05) is 24.0 Å². The lowest BCUT2D eigenvalue weighted by Gasteiger charge is -2.14. The molecule has 1 aliphatic rings. The molecule has 3 heterocycles. The van der Waals surface area contributed by atoms with E-state index in [0.717, 1.165) is 11.3 Å². The van der Waals surface area contributed by atoms with E-state index in [1.54, 1.807) is 18.0 Å². The molecule has 0 spiro atoms. The summed E-state index contributed by atoms with van der Waals surface area (Å²) in [5.41, 5.74) is 4.04. The Morgan fingerprint density at radius 2 is 2.17 bits per heavy atom. The second-order valence-electron chi connectivity index (χ2n) is 5.48. The van der Waals surface area contributed by atoms with E-state index in [1.807, 2.05) is 6.92 Å². The van der Waals surface area contributed by atoms with Gasteiger partial charge in [-0.2, -0.15) is 0 Å². The van der Waals surface area contributed by atoms with Crippen LogP contribution in [0.1, 0.15) is 50.3 Å². The van der Waals surface area contributed by atoms with Crippen LogP contribution in [-0.2, 0) is 24.2 Å². The Morgan fingerprint density at radius 1 is 1.39 bits per heavy atom. The zero-order chi connectivity index (χ0) is 16.6. The van der Waals surface area contributed by atoms with Crippen molar-refractivity contribution in [3.63, 3.8) is 0 Å². The zero-order valence-corrected chi connectivity index (χ0v) is 13.3. The number of H-pyrrole nitrogens is 1. The third-order valence-electron chi connectivity index (χ3n) is 4.15. The van der Waals surface area contributed by atoms with E-state index in [9.17, 15) is 9.59 Å². The summed E-state index contributed by atoms with van der Waals surface area (Å²) >= 11 is 0. The highest BCUT2D eigenvalue weighted by Gasteiger charge is 2.30. The summed E-state index contributed by atoms with van der Waals surface area (Å²) in [5, 5.41) is 0. The van der Waals surface area contributed by atoms with E-state index in [-0.39, 0.29) is 5.91 Å². The van der Waals surface area contributed by atoms with Gasteiger partial charge in [-0.3, -0.25) is 4.79 Å². The summed E-state index contributed by atoms with van der Waals surface area (Å²) in [4.78, 5) is 37.8. The lowest BCUT2D eigenvalue weighted by molar-refractivity contribution is 0.0599. The van der Waals surface area contributed by atoms with Gasteiger partial charge in [-0.15, -0.1) is 0 Å². The Balaban J connectivity index is 1.92. The second-order valence-corrected chi connectivity index (χ2v) is 5.48. The number of rotatable bonds is 3. The van der Waals surface area contributed by atoms with E-state index in [0.29, 0.717) is 42.0 Å². The van der Waals surface area contributed by atoms with E-state index in [4.69, 9.17) is 4.74 Å². The minimum atomic E-state index is -0.426. The van der Waals surface area contributed by atoms with Crippen molar-refractivity contribution in [1.82, 2.24) is 19.9 Å². The van der Waals surface area contributed by atoms with Crippen LogP contribution in [0.3, 0.4) is 0 Å². The predicted molar refractivity (Wildman–Crippen MR) is 81.9 cm³/mol. The number of hydrogen-bond donors (Lipinski definition) is 1. The van der Waals surface area contributed by atoms with Crippen molar-refractivity contribution in [2.75, 3.05) is 7.11 Å². The summed E-state index contributed by atoms with van der Waals surface area (Å²) < 4.78 is 4.83. The van der Waals surface area contributed by atoms with Crippen LogP contribution in [0.15, 0.2) is 12.5 Å². The van der Waals surface area contributed by atoms with Gasteiger partial charge in [-0.1, -0.05) is 6.92 Å². The first-order valence-corrected chi connectivity index (χ1v) is 7.43. The van der Waals surface area contributed by atoms with Gasteiger partial charge >= 0.3 is 5.97 Å². The first-order chi connectivity index (χ1) is 11.1. The first kappa shape index (κ1) is 15.2. The molecule has 1 N–H and O–H groups in total. The SMILES string of the molecule is CCc1[nH]c(C(=O)N2Cc3cncnc3C2)c(C)c1C(=O)OC. The van der Waals surface area contributed by atoms with Crippen molar-refractivity contribution in [2.45, 2.75) is 33.4 Å². The van der Waals surface area contributed by atoms with Crippen LogP contribution < -0.4 is 0 Å². The number of esters is 1. The maximum absolute atomic E-state index is 12.8. The largest absolute Gasteiger partial charge is 0.465 e. The maximum Gasteiger partial charge on any atom is 0.339 e. The molecule has 2 aromatic rings. The third-order valence-corrected chi connectivity index (χ3v) is 4.15. The van der Waals surface area contributed by atoms with Crippen molar-refractivity contribution < 1.29 is 14.3 Å². The van der Waals surface area contributed by atoms with Crippen LogP contribution in [0.4, 0.5) is 0 Å². The molecule has 0 atom stereocenters. The number of carbonyl (C=O) groups is 2. The van der Waals surface area contributed by atoms with Crippen molar-refractivity contribution in [3.8, 4) is 0 Å². The highest BCUT2D eigenvalue weighted by molar-refractivity contribution is 6.00. The highest BCUT2D eigenvalue weighted by atomic mass is 16.5. The van der Waals surface area contributed by atoms with Gasteiger partial charge in [-0.05, 0) is 18.9 Å². The van der Waals surface area contributed by atoms with Crippen LogP contribution in [0.5, 0.6) is 0 Å². The van der Waals surface area contributed by atoms with Gasteiger partial charge in [0.1, 0.15) is 12.0 Å². The van der Waals surface area contributed by atoms with E-state index in [1.165, 1.54) is 13.4 Å². The van der Waals surface area contributed by atoms with E-state index < -0.39 is 5.97 Å². The van der Waals surface area contributed by atoms with E-state index >= 15 is 0 Å². The first-order valence-electron chi connectivity index (χ1n) is 7.43. The molecule has 23 heavy (non-hydrogen) atoms. The van der Waals surface area contributed by atoms with Crippen molar-refractivity contribution in [3.05, 3.63) is 46.3 Å². The molecule has 0 unspecified atom stereocenters. The molecular formula is C16H18N4O3. The molecule has 0 fully saturated rings. The number of carbonyl (C=O) groups excluding carboxylic acids is 2. The van der Waals surface area contributed by atoms with Crippen molar-refractivity contribution in [1.29, 1.82) is 0 Å². The smallest absolute Gasteiger partial charge is 0.339 e. The molecule has 0 saturated heterocycles. The summed E-state index contributed by atoms with van der Waals surface area (Å²) in [6.45, 7) is 4.61. The number of aryl methyl sites for hydroxylation is 1. The van der Waals surface area contributed by atoms with Gasteiger partial charge in [-0.25, -0.2) is 14.8 Å². The van der Waals surface area contributed by atoms with E-state index in [2.05, 4.69) is 15.0 Å². The quantitative estimate of drug-likeness (QED) is 0.870. The minimum absolute atomic E-state index is 0.148. The number of ether oxygens (including phenoxy) is 1. The molecule has 120 valence electrons. The van der Waals surface area contributed by atoms with Crippen LogP contribution in [0.25, 0.3) is 0 Å². The maximum atomic E-state index is 12.8. The number of fused-ring (bicyclic) bond motifs is 1. The number of nitrogens with one attached hydrogen (secondary N) is 1. The normalized spacial score (nSPS) is 13.1. The van der Waals surface area contributed by atoms with Gasteiger partial charge in [0.25, 0.3) is 5.91 Å². The van der Waals surface area contributed by atoms with Crippen molar-refractivity contribution in [2.24, 2.45) is 0 Å². The predicted octanol–water partition coefficient (Wildman–Crippen LogP) is 1.62.